The van der Waals surface area contributed by atoms with Gasteiger partial charge >= 0.3 is 0 Å². The lowest BCUT2D eigenvalue weighted by atomic mass is 10.1. The average Bonchev–Trinajstić information content (AvgIpc) is 3.19. The number of amides is 1. The van der Waals surface area contributed by atoms with Gasteiger partial charge in [0.1, 0.15) is 11.4 Å². The highest BCUT2D eigenvalue weighted by Crippen LogP contribution is 2.26. The first-order chi connectivity index (χ1) is 13.2. The molecular formula is C19H21ClN6O2. The molecule has 28 heavy (non-hydrogen) atoms. The Balaban J connectivity index is 1.62. The molecule has 1 unspecified atom stereocenters. The zero-order valence-electron chi connectivity index (χ0n) is 15.9. The predicted molar refractivity (Wildman–Crippen MR) is 109 cm³/mol. The number of hydrogen-bond acceptors (Lipinski definition) is 5. The van der Waals surface area contributed by atoms with Crippen LogP contribution in [-0.4, -0.2) is 38.2 Å². The molecule has 2 N–H and O–H groups in total. The SMILES string of the molecule is CC(C)(C)n1ncc2c(=O)[nH]c(NC3CCN(c4cccc(Cl)c4)C3=O)nc21. The minimum Gasteiger partial charge on any atom is -0.344 e. The third-order valence-corrected chi connectivity index (χ3v) is 4.94. The van der Waals surface area contributed by atoms with E-state index in [-0.39, 0.29) is 23.0 Å². The van der Waals surface area contributed by atoms with E-state index in [1.54, 1.807) is 21.7 Å². The van der Waals surface area contributed by atoms with Gasteiger partial charge in [0, 0.05) is 17.3 Å². The number of hydrogen-bond donors (Lipinski definition) is 2. The van der Waals surface area contributed by atoms with E-state index in [1.165, 1.54) is 6.20 Å². The largest absolute Gasteiger partial charge is 0.344 e. The van der Waals surface area contributed by atoms with Gasteiger partial charge < -0.3 is 10.2 Å². The van der Waals surface area contributed by atoms with Crippen LogP contribution in [0.5, 0.6) is 0 Å². The highest BCUT2D eigenvalue weighted by atomic mass is 35.5. The molecular weight excluding hydrogens is 380 g/mol. The highest BCUT2D eigenvalue weighted by Gasteiger charge is 2.33. The summed E-state index contributed by atoms with van der Waals surface area (Å²) in [6.45, 7) is 6.51. The smallest absolute Gasteiger partial charge is 0.263 e. The highest BCUT2D eigenvalue weighted by molar-refractivity contribution is 6.31. The van der Waals surface area contributed by atoms with E-state index in [2.05, 4.69) is 20.4 Å². The van der Waals surface area contributed by atoms with E-state index < -0.39 is 6.04 Å². The van der Waals surface area contributed by atoms with E-state index in [0.29, 0.717) is 29.0 Å². The zero-order valence-corrected chi connectivity index (χ0v) is 16.6. The lowest BCUT2D eigenvalue weighted by Crippen LogP contribution is -2.34. The molecule has 0 spiro atoms. The summed E-state index contributed by atoms with van der Waals surface area (Å²) >= 11 is 6.04. The number of anilines is 2. The van der Waals surface area contributed by atoms with Crippen LogP contribution in [-0.2, 0) is 10.3 Å². The number of nitrogens with zero attached hydrogens (tertiary/aromatic N) is 4. The van der Waals surface area contributed by atoms with E-state index >= 15 is 0 Å². The molecule has 0 radical (unpaired) electrons. The summed E-state index contributed by atoms with van der Waals surface area (Å²) in [5.74, 6) is 0.170. The molecule has 3 heterocycles. The van der Waals surface area contributed by atoms with Crippen LogP contribution in [0.1, 0.15) is 27.2 Å². The van der Waals surface area contributed by atoms with Crippen molar-refractivity contribution in [3.8, 4) is 0 Å². The maximum atomic E-state index is 12.8. The van der Waals surface area contributed by atoms with Gasteiger partial charge in [-0.1, -0.05) is 17.7 Å². The topological polar surface area (TPSA) is 95.9 Å². The molecule has 1 atom stereocenters. The van der Waals surface area contributed by atoms with Gasteiger partial charge in [-0.2, -0.15) is 10.1 Å². The number of benzene rings is 1. The van der Waals surface area contributed by atoms with Gasteiger partial charge in [0.05, 0.1) is 11.7 Å². The molecule has 3 aromatic rings. The van der Waals surface area contributed by atoms with Gasteiger partial charge in [-0.15, -0.1) is 0 Å². The number of carbonyl (C=O) groups excluding carboxylic acids is 1. The average molecular weight is 401 g/mol. The lowest BCUT2D eigenvalue weighted by Gasteiger charge is -2.20. The Kier molecular flexibility index (Phi) is 4.38. The van der Waals surface area contributed by atoms with Crippen LogP contribution >= 0.6 is 11.6 Å². The quantitative estimate of drug-likeness (QED) is 0.704. The molecule has 146 valence electrons. The molecule has 0 saturated carbocycles. The molecule has 1 saturated heterocycles. The minimum absolute atomic E-state index is 0.0886. The Morgan fingerprint density at radius 3 is 2.79 bits per heavy atom. The number of aromatic nitrogens is 4. The van der Waals surface area contributed by atoms with Crippen molar-refractivity contribution in [2.24, 2.45) is 0 Å². The van der Waals surface area contributed by atoms with Crippen LogP contribution in [0, 0.1) is 0 Å². The second-order valence-corrected chi connectivity index (χ2v) is 8.27. The monoisotopic (exact) mass is 400 g/mol. The Morgan fingerprint density at radius 1 is 1.29 bits per heavy atom. The minimum atomic E-state index is -0.481. The van der Waals surface area contributed by atoms with Gasteiger partial charge in [-0.05, 0) is 45.4 Å². The summed E-state index contributed by atoms with van der Waals surface area (Å²) in [4.78, 5) is 34.1. The van der Waals surface area contributed by atoms with Crippen molar-refractivity contribution in [3.05, 3.63) is 45.8 Å². The normalized spacial score (nSPS) is 17.5. The molecule has 4 rings (SSSR count). The van der Waals surface area contributed by atoms with Gasteiger partial charge in [-0.3, -0.25) is 14.6 Å². The van der Waals surface area contributed by atoms with Crippen LogP contribution in [0.15, 0.2) is 35.3 Å². The number of halogens is 1. The fourth-order valence-corrected chi connectivity index (χ4v) is 3.54. The predicted octanol–water partition coefficient (Wildman–Crippen LogP) is 2.75. The third kappa shape index (κ3) is 3.24. The van der Waals surface area contributed by atoms with Crippen LogP contribution in [0.25, 0.3) is 11.0 Å². The number of aromatic amines is 1. The summed E-state index contributed by atoms with van der Waals surface area (Å²) in [5.41, 5.74) is 0.618. The summed E-state index contributed by atoms with van der Waals surface area (Å²) < 4.78 is 1.71. The van der Waals surface area contributed by atoms with Crippen LogP contribution in [0.3, 0.4) is 0 Å². The van der Waals surface area contributed by atoms with Crippen molar-refractivity contribution >= 4 is 40.2 Å². The third-order valence-electron chi connectivity index (χ3n) is 4.71. The molecule has 9 heteroatoms. The maximum absolute atomic E-state index is 12.8. The first kappa shape index (κ1) is 18.5. The molecule has 0 bridgehead atoms. The molecule has 2 aromatic heterocycles. The molecule has 8 nitrogen and oxygen atoms in total. The Labute approximate surface area is 166 Å². The zero-order chi connectivity index (χ0) is 20.1. The summed E-state index contributed by atoms with van der Waals surface area (Å²) in [6.07, 6.45) is 2.10. The molecule has 1 aliphatic rings. The summed E-state index contributed by atoms with van der Waals surface area (Å²) in [7, 11) is 0. The fraction of sp³-hybridized carbons (Fsp3) is 0.368. The van der Waals surface area contributed by atoms with Gasteiger partial charge in [0.2, 0.25) is 11.9 Å². The van der Waals surface area contributed by atoms with E-state index in [4.69, 9.17) is 11.6 Å². The van der Waals surface area contributed by atoms with Gasteiger partial charge in [0.25, 0.3) is 5.56 Å². The number of nitrogens with one attached hydrogen (secondary N) is 2. The number of H-pyrrole nitrogens is 1. The summed E-state index contributed by atoms with van der Waals surface area (Å²) in [6, 6.07) is 6.71. The molecule has 1 amide bonds. The molecule has 1 aromatic carbocycles. The maximum Gasteiger partial charge on any atom is 0.263 e. The van der Waals surface area contributed by atoms with Gasteiger partial charge in [0.15, 0.2) is 5.65 Å². The van der Waals surface area contributed by atoms with Crippen molar-refractivity contribution in [2.75, 3.05) is 16.8 Å². The first-order valence-electron chi connectivity index (χ1n) is 9.06. The van der Waals surface area contributed by atoms with Gasteiger partial charge in [-0.25, -0.2) is 4.68 Å². The van der Waals surface area contributed by atoms with Crippen molar-refractivity contribution < 1.29 is 4.79 Å². The second kappa shape index (κ2) is 6.63. The molecule has 1 fully saturated rings. The summed E-state index contributed by atoms with van der Waals surface area (Å²) in [5, 5.41) is 8.36. The fourth-order valence-electron chi connectivity index (χ4n) is 3.36. The number of fused-ring (bicyclic) bond motifs is 1. The lowest BCUT2D eigenvalue weighted by molar-refractivity contribution is -0.117. The van der Waals surface area contributed by atoms with Crippen molar-refractivity contribution in [3.63, 3.8) is 0 Å². The Bertz CT molecular complexity index is 1110. The number of rotatable bonds is 3. The van der Waals surface area contributed by atoms with Crippen molar-refractivity contribution in [1.82, 2.24) is 19.7 Å². The van der Waals surface area contributed by atoms with Crippen molar-refractivity contribution in [2.45, 2.75) is 38.8 Å². The Morgan fingerprint density at radius 2 is 2.07 bits per heavy atom. The van der Waals surface area contributed by atoms with Crippen molar-refractivity contribution in [1.29, 1.82) is 0 Å². The van der Waals surface area contributed by atoms with E-state index in [1.807, 2.05) is 32.9 Å². The van der Waals surface area contributed by atoms with Crippen LogP contribution in [0.2, 0.25) is 5.02 Å². The standard InChI is InChI=1S/C19H21ClN6O2/c1-19(2,3)26-15-13(10-21-26)16(27)24-18(23-15)22-14-7-8-25(17(14)28)12-6-4-5-11(20)9-12/h4-6,9-10,14H,7-8H2,1-3H3,(H2,22,23,24,27). The van der Waals surface area contributed by atoms with Crippen LogP contribution < -0.4 is 15.8 Å². The van der Waals surface area contributed by atoms with E-state index in [9.17, 15) is 9.59 Å². The van der Waals surface area contributed by atoms with E-state index in [0.717, 1.165) is 5.69 Å². The molecule has 0 aliphatic carbocycles. The van der Waals surface area contributed by atoms with Crippen LogP contribution in [0.4, 0.5) is 11.6 Å². The first-order valence-corrected chi connectivity index (χ1v) is 9.44. The number of carbonyl (C=O) groups is 1. The Hall–Kier alpha value is -2.87. The second-order valence-electron chi connectivity index (χ2n) is 7.83. The molecule has 1 aliphatic heterocycles.